The normalized spacial score (nSPS) is 10.0. The van der Waals surface area contributed by atoms with Gasteiger partial charge in [0.05, 0.1) is 18.1 Å². The standard InChI is InChI=1S/C12H16N4O/c1-9(2)16(7-3-5-13)12(17)10-8-15-6-4-11(10)14/h4,6,8-9H,3,7H2,1-2H3,(H2,14,15). The second kappa shape index (κ2) is 5.85. The van der Waals surface area contributed by atoms with Gasteiger partial charge in [0, 0.05) is 30.7 Å². The van der Waals surface area contributed by atoms with Crippen LogP contribution in [0.3, 0.4) is 0 Å². The monoisotopic (exact) mass is 232 g/mol. The predicted octanol–water partition coefficient (Wildman–Crippen LogP) is 1.43. The topological polar surface area (TPSA) is 83.0 Å². The van der Waals surface area contributed by atoms with E-state index in [1.807, 2.05) is 19.9 Å². The Hall–Kier alpha value is -2.09. The minimum absolute atomic E-state index is 0.0236. The van der Waals surface area contributed by atoms with E-state index in [9.17, 15) is 4.79 Å². The lowest BCUT2D eigenvalue weighted by atomic mass is 10.2. The first-order valence-corrected chi connectivity index (χ1v) is 5.45. The largest absolute Gasteiger partial charge is 0.398 e. The number of nitrogen functional groups attached to an aromatic ring is 1. The smallest absolute Gasteiger partial charge is 0.257 e. The third kappa shape index (κ3) is 3.18. The van der Waals surface area contributed by atoms with E-state index < -0.39 is 0 Å². The fraction of sp³-hybridized carbons (Fsp3) is 0.417. The van der Waals surface area contributed by atoms with E-state index in [0.29, 0.717) is 24.2 Å². The second-order valence-corrected chi connectivity index (χ2v) is 3.96. The second-order valence-electron chi connectivity index (χ2n) is 3.96. The van der Waals surface area contributed by atoms with Crippen LogP contribution < -0.4 is 5.73 Å². The average molecular weight is 232 g/mol. The van der Waals surface area contributed by atoms with Crippen molar-refractivity contribution in [3.63, 3.8) is 0 Å². The van der Waals surface area contributed by atoms with Crippen LogP contribution in [0.25, 0.3) is 0 Å². The van der Waals surface area contributed by atoms with Crippen LogP contribution in [0.1, 0.15) is 30.6 Å². The lowest BCUT2D eigenvalue weighted by molar-refractivity contribution is 0.0711. The highest BCUT2D eigenvalue weighted by molar-refractivity contribution is 5.98. The van der Waals surface area contributed by atoms with E-state index in [2.05, 4.69) is 4.98 Å². The molecule has 0 aliphatic carbocycles. The molecule has 0 saturated heterocycles. The van der Waals surface area contributed by atoms with Crippen LogP contribution in [0.5, 0.6) is 0 Å². The Morgan fingerprint density at radius 2 is 2.35 bits per heavy atom. The molecule has 0 atom stereocenters. The highest BCUT2D eigenvalue weighted by Crippen LogP contribution is 2.14. The zero-order valence-electron chi connectivity index (χ0n) is 10.1. The number of nitriles is 1. The molecule has 1 aromatic rings. The lowest BCUT2D eigenvalue weighted by Crippen LogP contribution is -2.38. The molecule has 1 rings (SSSR count). The number of nitrogens with zero attached hydrogens (tertiary/aromatic N) is 3. The van der Waals surface area contributed by atoms with Crippen LogP contribution >= 0.6 is 0 Å². The summed E-state index contributed by atoms with van der Waals surface area (Å²) in [6.07, 6.45) is 3.31. The number of carbonyl (C=O) groups excluding carboxylic acids is 1. The highest BCUT2D eigenvalue weighted by atomic mass is 16.2. The molecule has 0 aliphatic rings. The molecule has 17 heavy (non-hydrogen) atoms. The summed E-state index contributed by atoms with van der Waals surface area (Å²) in [5, 5.41) is 8.58. The first-order chi connectivity index (χ1) is 8.07. The van der Waals surface area contributed by atoms with Crippen LogP contribution in [0.2, 0.25) is 0 Å². The Labute approximate surface area is 101 Å². The molecule has 0 bridgehead atoms. The molecule has 0 fully saturated rings. The van der Waals surface area contributed by atoms with Crippen molar-refractivity contribution < 1.29 is 4.79 Å². The quantitative estimate of drug-likeness (QED) is 0.851. The molecule has 0 aliphatic heterocycles. The van der Waals surface area contributed by atoms with Crippen molar-refractivity contribution >= 4 is 11.6 Å². The summed E-state index contributed by atoms with van der Waals surface area (Å²) >= 11 is 0. The van der Waals surface area contributed by atoms with E-state index in [1.165, 1.54) is 6.20 Å². The number of hydrogen-bond donors (Lipinski definition) is 1. The van der Waals surface area contributed by atoms with Gasteiger partial charge in [0.2, 0.25) is 0 Å². The van der Waals surface area contributed by atoms with E-state index >= 15 is 0 Å². The van der Waals surface area contributed by atoms with Crippen LogP contribution in [0.4, 0.5) is 5.69 Å². The van der Waals surface area contributed by atoms with Gasteiger partial charge >= 0.3 is 0 Å². The Morgan fingerprint density at radius 3 is 2.88 bits per heavy atom. The van der Waals surface area contributed by atoms with Gasteiger partial charge in [-0.1, -0.05) is 0 Å². The summed E-state index contributed by atoms with van der Waals surface area (Å²) in [6.45, 7) is 4.21. The zero-order chi connectivity index (χ0) is 12.8. The molecule has 5 heteroatoms. The fourth-order valence-corrected chi connectivity index (χ4v) is 1.50. The molecule has 0 unspecified atom stereocenters. The lowest BCUT2D eigenvalue weighted by Gasteiger charge is -2.26. The number of amides is 1. The number of hydrogen-bond acceptors (Lipinski definition) is 4. The minimum Gasteiger partial charge on any atom is -0.398 e. The molecular formula is C12H16N4O. The van der Waals surface area contributed by atoms with Gasteiger partial charge < -0.3 is 10.6 Å². The average Bonchev–Trinajstić information content (AvgIpc) is 2.29. The summed E-state index contributed by atoms with van der Waals surface area (Å²) in [4.78, 5) is 17.7. The fourth-order valence-electron chi connectivity index (χ4n) is 1.50. The third-order valence-corrected chi connectivity index (χ3v) is 2.43. The summed E-state index contributed by atoms with van der Waals surface area (Å²) in [7, 11) is 0. The SMILES string of the molecule is CC(C)N(CCC#N)C(=O)c1cnccc1N. The number of carbonyl (C=O) groups is 1. The van der Waals surface area contributed by atoms with E-state index in [0.717, 1.165) is 0 Å². The first kappa shape index (κ1) is 13.0. The molecule has 5 nitrogen and oxygen atoms in total. The molecule has 0 saturated carbocycles. The molecule has 1 aromatic heterocycles. The number of aromatic nitrogens is 1. The Balaban J connectivity index is 2.93. The van der Waals surface area contributed by atoms with Crippen molar-refractivity contribution in [2.45, 2.75) is 26.3 Å². The summed E-state index contributed by atoms with van der Waals surface area (Å²) < 4.78 is 0. The molecule has 2 N–H and O–H groups in total. The van der Waals surface area contributed by atoms with Crippen molar-refractivity contribution in [1.82, 2.24) is 9.88 Å². The minimum atomic E-state index is -0.180. The van der Waals surface area contributed by atoms with Gasteiger partial charge in [-0.25, -0.2) is 0 Å². The van der Waals surface area contributed by atoms with Crippen molar-refractivity contribution in [3.8, 4) is 6.07 Å². The van der Waals surface area contributed by atoms with Gasteiger partial charge in [0.1, 0.15) is 0 Å². The number of rotatable bonds is 4. The third-order valence-electron chi connectivity index (χ3n) is 2.43. The van der Waals surface area contributed by atoms with Crippen LogP contribution in [-0.2, 0) is 0 Å². The Kier molecular flexibility index (Phi) is 4.46. The van der Waals surface area contributed by atoms with Gasteiger partial charge in [-0.2, -0.15) is 5.26 Å². The molecule has 0 spiro atoms. The van der Waals surface area contributed by atoms with Gasteiger partial charge in [-0.3, -0.25) is 9.78 Å². The maximum atomic E-state index is 12.2. The summed E-state index contributed by atoms with van der Waals surface area (Å²) in [6, 6.07) is 3.65. The van der Waals surface area contributed by atoms with Crippen LogP contribution in [0.15, 0.2) is 18.5 Å². The molecule has 0 radical (unpaired) electrons. The van der Waals surface area contributed by atoms with E-state index in [-0.39, 0.29) is 11.9 Å². The first-order valence-electron chi connectivity index (χ1n) is 5.45. The molecule has 0 aromatic carbocycles. The maximum Gasteiger partial charge on any atom is 0.257 e. The van der Waals surface area contributed by atoms with Crippen molar-refractivity contribution in [2.75, 3.05) is 12.3 Å². The number of pyridine rings is 1. The van der Waals surface area contributed by atoms with Gasteiger partial charge in [0.25, 0.3) is 5.91 Å². The molecular weight excluding hydrogens is 216 g/mol. The summed E-state index contributed by atoms with van der Waals surface area (Å²) in [5.41, 5.74) is 6.53. The predicted molar refractivity (Wildman–Crippen MR) is 65.1 cm³/mol. The molecule has 1 heterocycles. The Bertz CT molecular complexity index is 436. The van der Waals surface area contributed by atoms with Gasteiger partial charge in [0.15, 0.2) is 0 Å². The van der Waals surface area contributed by atoms with Gasteiger partial charge in [-0.05, 0) is 19.9 Å². The number of anilines is 1. The molecule has 90 valence electrons. The number of nitrogens with two attached hydrogens (primary N) is 1. The summed E-state index contributed by atoms with van der Waals surface area (Å²) in [5.74, 6) is -0.180. The van der Waals surface area contributed by atoms with Crippen molar-refractivity contribution in [3.05, 3.63) is 24.0 Å². The van der Waals surface area contributed by atoms with Crippen LogP contribution in [0, 0.1) is 11.3 Å². The van der Waals surface area contributed by atoms with E-state index in [1.54, 1.807) is 17.2 Å². The van der Waals surface area contributed by atoms with Crippen molar-refractivity contribution in [2.24, 2.45) is 0 Å². The Morgan fingerprint density at radius 1 is 1.65 bits per heavy atom. The van der Waals surface area contributed by atoms with Gasteiger partial charge in [-0.15, -0.1) is 0 Å². The van der Waals surface area contributed by atoms with E-state index in [4.69, 9.17) is 11.0 Å². The maximum absolute atomic E-state index is 12.2. The molecule has 1 amide bonds. The highest BCUT2D eigenvalue weighted by Gasteiger charge is 2.20. The van der Waals surface area contributed by atoms with Crippen LogP contribution in [-0.4, -0.2) is 28.4 Å². The zero-order valence-corrected chi connectivity index (χ0v) is 10.1. The van der Waals surface area contributed by atoms with Crippen molar-refractivity contribution in [1.29, 1.82) is 5.26 Å².